The van der Waals surface area contributed by atoms with Crippen LogP contribution < -0.4 is 4.90 Å². The van der Waals surface area contributed by atoms with E-state index in [0.717, 1.165) is 45.1 Å². The zero-order valence-corrected chi connectivity index (χ0v) is 17.3. The van der Waals surface area contributed by atoms with Crippen molar-refractivity contribution in [2.75, 3.05) is 37.6 Å². The second kappa shape index (κ2) is 8.69. The summed E-state index contributed by atoms with van der Waals surface area (Å²) >= 11 is 0. The Morgan fingerprint density at radius 2 is 1.66 bits per heavy atom. The van der Waals surface area contributed by atoms with Crippen molar-refractivity contribution in [1.82, 2.24) is 24.4 Å². The minimum Gasteiger partial charge on any atom is -0.354 e. The summed E-state index contributed by atoms with van der Waals surface area (Å²) in [5.74, 6) is 0.598. The van der Waals surface area contributed by atoms with Gasteiger partial charge in [0, 0.05) is 56.6 Å². The van der Waals surface area contributed by atoms with Crippen LogP contribution in [-0.4, -0.2) is 57.1 Å². The first kappa shape index (κ1) is 21.5. The van der Waals surface area contributed by atoms with Crippen LogP contribution in [0.5, 0.6) is 0 Å². The highest BCUT2D eigenvalue weighted by Crippen LogP contribution is 2.32. The number of hydrogen-bond acceptors (Lipinski definition) is 5. The van der Waals surface area contributed by atoms with Gasteiger partial charge in [-0.2, -0.15) is 13.2 Å². The van der Waals surface area contributed by atoms with Gasteiger partial charge in [-0.05, 0) is 19.4 Å². The molecule has 0 radical (unpaired) electrons. The number of nitrogens with zero attached hydrogens (tertiary/aromatic N) is 6. The first-order chi connectivity index (χ1) is 13.6. The van der Waals surface area contributed by atoms with E-state index in [1.54, 1.807) is 6.20 Å². The van der Waals surface area contributed by atoms with Crippen LogP contribution in [0.3, 0.4) is 0 Å². The van der Waals surface area contributed by atoms with E-state index in [2.05, 4.69) is 24.4 Å². The summed E-state index contributed by atoms with van der Waals surface area (Å²) < 4.78 is 42.0. The first-order valence-corrected chi connectivity index (χ1v) is 10.0. The van der Waals surface area contributed by atoms with Crippen LogP contribution in [0.1, 0.15) is 45.1 Å². The molecular formula is C20H29F3N6. The largest absolute Gasteiger partial charge is 0.433 e. The topological polar surface area (TPSA) is 50.1 Å². The molecule has 0 bridgehead atoms. The van der Waals surface area contributed by atoms with Crippen molar-refractivity contribution < 1.29 is 13.2 Å². The van der Waals surface area contributed by atoms with Crippen molar-refractivity contribution in [3.05, 3.63) is 36.3 Å². The molecular weight excluding hydrogens is 381 g/mol. The third-order valence-electron chi connectivity index (χ3n) is 5.07. The maximum atomic E-state index is 13.3. The molecule has 160 valence electrons. The van der Waals surface area contributed by atoms with Crippen molar-refractivity contribution in [3.63, 3.8) is 0 Å². The number of halogens is 3. The van der Waals surface area contributed by atoms with E-state index < -0.39 is 17.3 Å². The van der Waals surface area contributed by atoms with Crippen molar-refractivity contribution >= 4 is 5.82 Å². The molecule has 1 saturated heterocycles. The molecule has 2 aromatic rings. The lowest BCUT2D eigenvalue weighted by atomic mass is 9.95. The summed E-state index contributed by atoms with van der Waals surface area (Å²) in [6.45, 7) is 10.4. The van der Waals surface area contributed by atoms with Gasteiger partial charge in [-0.15, -0.1) is 0 Å². The number of piperazine rings is 1. The van der Waals surface area contributed by atoms with E-state index in [0.29, 0.717) is 18.9 Å². The Bertz CT molecular complexity index is 742. The molecule has 0 N–H and O–H groups in total. The number of anilines is 1. The Morgan fingerprint density at radius 1 is 0.966 bits per heavy atom. The van der Waals surface area contributed by atoms with Crippen molar-refractivity contribution in [2.24, 2.45) is 0 Å². The predicted molar refractivity (Wildman–Crippen MR) is 106 cm³/mol. The van der Waals surface area contributed by atoms with E-state index >= 15 is 0 Å². The molecule has 2 aromatic heterocycles. The monoisotopic (exact) mass is 410 g/mol. The SMILES string of the molecule is CC(C)(C)c1nc(N2CCN(CCCCn3ccnc3)CC2)cc(C(F)(F)F)n1. The van der Waals surface area contributed by atoms with Crippen LogP contribution in [0.25, 0.3) is 0 Å². The molecule has 6 nitrogen and oxygen atoms in total. The lowest BCUT2D eigenvalue weighted by Crippen LogP contribution is -2.47. The van der Waals surface area contributed by atoms with Gasteiger partial charge in [0.05, 0.1) is 6.33 Å². The van der Waals surface area contributed by atoms with Crippen molar-refractivity contribution in [1.29, 1.82) is 0 Å². The molecule has 0 amide bonds. The number of aryl methyl sites for hydroxylation is 1. The minimum atomic E-state index is -4.48. The predicted octanol–water partition coefficient (Wildman–Crippen LogP) is 3.59. The Kier molecular flexibility index (Phi) is 6.45. The van der Waals surface area contributed by atoms with Crippen LogP contribution in [0.2, 0.25) is 0 Å². The molecule has 0 atom stereocenters. The molecule has 1 aliphatic heterocycles. The smallest absolute Gasteiger partial charge is 0.354 e. The molecule has 9 heteroatoms. The highest BCUT2D eigenvalue weighted by Gasteiger charge is 2.35. The van der Waals surface area contributed by atoms with Crippen LogP contribution in [0.15, 0.2) is 24.8 Å². The molecule has 3 heterocycles. The number of alkyl halides is 3. The number of aromatic nitrogens is 4. The third kappa shape index (κ3) is 5.91. The molecule has 1 fully saturated rings. The van der Waals surface area contributed by atoms with Gasteiger partial charge in [0.1, 0.15) is 17.3 Å². The van der Waals surface area contributed by atoms with Gasteiger partial charge in [-0.25, -0.2) is 15.0 Å². The fourth-order valence-electron chi connectivity index (χ4n) is 3.33. The normalized spacial score (nSPS) is 16.4. The second-order valence-corrected chi connectivity index (χ2v) is 8.52. The van der Waals surface area contributed by atoms with Gasteiger partial charge in [-0.3, -0.25) is 4.90 Å². The fourth-order valence-corrected chi connectivity index (χ4v) is 3.33. The molecule has 0 unspecified atom stereocenters. The standard InChI is InChI=1S/C20H29F3N6/c1-19(2,3)18-25-16(20(21,22)23)14-17(26-18)29-12-10-27(11-13-29)7-4-5-8-28-9-6-24-15-28/h6,9,14-15H,4-5,7-8,10-13H2,1-3H3. The number of rotatable bonds is 6. The fraction of sp³-hybridized carbons (Fsp3) is 0.650. The molecule has 29 heavy (non-hydrogen) atoms. The van der Waals surface area contributed by atoms with Crippen LogP contribution in [-0.2, 0) is 18.1 Å². The Hall–Kier alpha value is -2.16. The van der Waals surface area contributed by atoms with Gasteiger partial charge >= 0.3 is 6.18 Å². The quantitative estimate of drug-likeness (QED) is 0.681. The van der Waals surface area contributed by atoms with Crippen molar-refractivity contribution in [3.8, 4) is 0 Å². The van der Waals surface area contributed by atoms with Gasteiger partial charge in [0.2, 0.25) is 0 Å². The summed E-state index contributed by atoms with van der Waals surface area (Å²) in [5.41, 5.74) is -1.41. The molecule has 3 rings (SSSR count). The van der Waals surface area contributed by atoms with E-state index in [4.69, 9.17) is 0 Å². The van der Waals surface area contributed by atoms with E-state index in [1.165, 1.54) is 0 Å². The van der Waals surface area contributed by atoms with Crippen LogP contribution in [0, 0.1) is 0 Å². The van der Waals surface area contributed by atoms with Crippen LogP contribution >= 0.6 is 0 Å². The Labute approximate surface area is 169 Å². The third-order valence-corrected chi connectivity index (χ3v) is 5.07. The lowest BCUT2D eigenvalue weighted by molar-refractivity contribution is -0.141. The zero-order chi connectivity index (χ0) is 21.1. The van der Waals surface area contributed by atoms with Gasteiger partial charge in [-0.1, -0.05) is 20.8 Å². The van der Waals surface area contributed by atoms with E-state index in [1.807, 2.05) is 38.2 Å². The first-order valence-electron chi connectivity index (χ1n) is 10.0. The van der Waals surface area contributed by atoms with Crippen LogP contribution in [0.4, 0.5) is 19.0 Å². The molecule has 1 aliphatic rings. The lowest BCUT2D eigenvalue weighted by Gasteiger charge is -2.36. The van der Waals surface area contributed by atoms with Crippen molar-refractivity contribution in [2.45, 2.75) is 51.7 Å². The highest BCUT2D eigenvalue weighted by atomic mass is 19.4. The summed E-state index contributed by atoms with van der Waals surface area (Å²) in [7, 11) is 0. The Morgan fingerprint density at radius 3 is 2.24 bits per heavy atom. The van der Waals surface area contributed by atoms with Gasteiger partial charge < -0.3 is 9.47 Å². The zero-order valence-electron chi connectivity index (χ0n) is 17.3. The van der Waals surface area contributed by atoms with E-state index in [9.17, 15) is 13.2 Å². The average Bonchev–Trinajstić information content (AvgIpc) is 3.17. The maximum Gasteiger partial charge on any atom is 0.433 e. The molecule has 0 spiro atoms. The number of hydrogen-bond donors (Lipinski definition) is 0. The number of unbranched alkanes of at least 4 members (excludes halogenated alkanes) is 1. The molecule has 0 aliphatic carbocycles. The average molecular weight is 410 g/mol. The molecule has 0 aromatic carbocycles. The summed E-state index contributed by atoms with van der Waals surface area (Å²) in [4.78, 5) is 16.6. The maximum absolute atomic E-state index is 13.3. The number of imidazole rings is 1. The van der Waals surface area contributed by atoms with E-state index in [-0.39, 0.29) is 5.82 Å². The second-order valence-electron chi connectivity index (χ2n) is 8.52. The summed E-state index contributed by atoms with van der Waals surface area (Å²) in [6, 6.07) is 1.08. The minimum absolute atomic E-state index is 0.226. The van der Waals surface area contributed by atoms with Gasteiger partial charge in [0.15, 0.2) is 0 Å². The highest BCUT2D eigenvalue weighted by molar-refractivity contribution is 5.42. The van der Waals surface area contributed by atoms with Gasteiger partial charge in [0.25, 0.3) is 0 Å². The Balaban J connectivity index is 1.57. The summed E-state index contributed by atoms with van der Waals surface area (Å²) in [6.07, 6.45) is 3.24. The summed E-state index contributed by atoms with van der Waals surface area (Å²) in [5, 5.41) is 0. The molecule has 0 saturated carbocycles.